The number of aromatic hydroxyl groups is 1. The molecule has 0 radical (unpaired) electrons. The number of Topliss-reactive ketones (excluding diaryl/α,β-unsaturated/α-hetero) is 1. The summed E-state index contributed by atoms with van der Waals surface area (Å²) in [4.78, 5) is 55.3. The largest absolute Gasteiger partial charge is 0.508 e. The number of halogens is 2. The second-order valence-electron chi connectivity index (χ2n) is 28.8. The molecule has 5 aliphatic heterocycles. The van der Waals surface area contributed by atoms with Crippen molar-refractivity contribution in [3.05, 3.63) is 99.9 Å². The molecule has 8 rings (SSSR count). The number of hydrogen-bond acceptors (Lipinski definition) is 11. The van der Waals surface area contributed by atoms with E-state index in [2.05, 4.69) is 107 Å². The molecule has 1 N–H and O–H groups in total. The quantitative estimate of drug-likeness (QED) is 0.0501. The summed E-state index contributed by atoms with van der Waals surface area (Å²) in [5.74, 6) is 4.58. The van der Waals surface area contributed by atoms with Gasteiger partial charge in [-0.15, -0.1) is 6.58 Å². The van der Waals surface area contributed by atoms with E-state index in [1.165, 1.54) is 121 Å². The van der Waals surface area contributed by atoms with Gasteiger partial charge in [-0.1, -0.05) is 133 Å². The van der Waals surface area contributed by atoms with Gasteiger partial charge < -0.3 is 29.3 Å². The fraction of sp³-hybridized carbons (Fsp3) is 0.671. The first-order valence-corrected chi connectivity index (χ1v) is 37.4. The molecule has 0 aromatic heterocycles. The Morgan fingerprint density at radius 2 is 1.52 bits per heavy atom. The van der Waals surface area contributed by atoms with E-state index in [0.717, 1.165) is 109 Å². The number of aryl methyl sites for hydroxylation is 2. The Kier molecular flexibility index (Phi) is 36.8. The predicted octanol–water partition coefficient (Wildman–Crippen LogP) is 20.9. The number of carbonyl (C=O) groups excluding carboxylic acids is 3. The highest BCUT2D eigenvalue weighted by atomic mass is 19.1. The molecule has 1 amide bonds. The Bertz CT molecular complexity index is 2970. The number of phenolic OH excluding ortho intramolecular Hbond substituents is 1. The lowest BCUT2D eigenvalue weighted by molar-refractivity contribution is -0.142. The van der Waals surface area contributed by atoms with Gasteiger partial charge in [0.25, 0.3) is 0 Å². The molecule has 0 bridgehead atoms. The van der Waals surface area contributed by atoms with Crippen molar-refractivity contribution in [3.63, 3.8) is 0 Å². The van der Waals surface area contributed by atoms with Crippen LogP contribution in [0.4, 0.5) is 20.2 Å². The molecule has 4 saturated heterocycles. The lowest BCUT2D eigenvalue weighted by atomic mass is 9.82. The summed E-state index contributed by atoms with van der Waals surface area (Å²) in [5, 5.41) is 10.5. The zero-order chi connectivity index (χ0) is 71.2. The minimum absolute atomic E-state index is 0.0175. The Balaban J connectivity index is 0.000000314. The van der Waals surface area contributed by atoms with Crippen molar-refractivity contribution >= 4 is 52.4 Å². The SMILES string of the molecule is C=CC.CC(=O)OCC1CCC2CCCN21.CCC(C)C.CCC1=C(F)CCc2cc(O)cc(C3=C(\F)C=C(C)CC(=C(\N=C(/C)OC)N4CCCC(C)C4)/C=N\3)c21.CCCC(CCC(C)CC)CC1CCN(c2ccc(N(C(C)=O)C(CCC)C(=O)C(C)CC)c(C)c2)CC1. The van der Waals surface area contributed by atoms with E-state index < -0.39 is 5.83 Å². The molecular formula is C82H130F2N6O6. The standard InChI is InChI=1S/C34H58N2O2.C30H37F2N3O2.C10H17NO2.C5H12.C3H6/c1-9-13-29(16-15-25(5)11-3)24-30-19-21-35(22-20-30)31-17-18-32(27(7)23-31)36(28(8)37)33(14-10-2)34(38)26(6)12-4;1-6-24-26(31)10-9-21-14-23(36)15-25(28(21)24)29-27(32)13-19(3)12-22(16-33-29)30(34-20(4)37-5)35-11-7-8-18(2)17-35;1-8(12)13-7-10-5-4-9-3-2-6-11(9)10;1-4-5(2)3;1-3-2/h17-18,23,25-26,29-30,33H,9-16,19-22,24H2,1-8H3;13-16,18,36H,6-12,17H2,1-5H3;9-10H,2-7H2,1H3;5H,4H2,1-3H3;3H,1H2,2H3/b;19-13?,29-27+,30-22-,33-16-,34-20+;;;. The maximum Gasteiger partial charge on any atom is 0.302 e. The van der Waals surface area contributed by atoms with Gasteiger partial charge >= 0.3 is 5.97 Å². The van der Waals surface area contributed by atoms with E-state index in [1.807, 2.05) is 41.5 Å². The number of benzene rings is 2. The fourth-order valence-electron chi connectivity index (χ4n) is 14.3. The number of nitrogens with zero attached hydrogens (tertiary/aromatic N) is 6. The van der Waals surface area contributed by atoms with Crippen molar-refractivity contribution in [1.29, 1.82) is 0 Å². The van der Waals surface area contributed by atoms with E-state index in [0.29, 0.717) is 66.8 Å². The third kappa shape index (κ3) is 25.4. The number of hydrogen-bond donors (Lipinski definition) is 1. The first kappa shape index (κ1) is 82.5. The normalized spacial score (nSPS) is 21.9. The number of anilines is 2. The molecule has 96 heavy (non-hydrogen) atoms. The third-order valence-electron chi connectivity index (χ3n) is 20.5. The lowest BCUT2D eigenvalue weighted by Crippen LogP contribution is -2.46. The zero-order valence-electron chi connectivity index (χ0n) is 63.2. The first-order chi connectivity index (χ1) is 45.8. The number of allylic oxidation sites excluding steroid dienone is 7. The number of likely N-dealkylation sites (tertiary alicyclic amines) is 1. The predicted molar refractivity (Wildman–Crippen MR) is 401 cm³/mol. The molecule has 0 saturated carbocycles. The van der Waals surface area contributed by atoms with Crippen molar-refractivity contribution in [3.8, 4) is 5.75 Å². The highest BCUT2D eigenvalue weighted by molar-refractivity contribution is 6.01. The van der Waals surface area contributed by atoms with E-state index in [9.17, 15) is 23.9 Å². The van der Waals surface area contributed by atoms with Crippen LogP contribution in [0.25, 0.3) is 11.3 Å². The molecule has 14 heteroatoms. The van der Waals surface area contributed by atoms with Crippen LogP contribution in [0.15, 0.2) is 87.7 Å². The molecule has 7 atom stereocenters. The summed E-state index contributed by atoms with van der Waals surface area (Å²) >= 11 is 0. The van der Waals surface area contributed by atoms with Gasteiger partial charge in [0.2, 0.25) is 5.91 Å². The first-order valence-electron chi connectivity index (χ1n) is 37.4. The highest BCUT2D eigenvalue weighted by Crippen LogP contribution is 2.43. The van der Waals surface area contributed by atoms with E-state index in [-0.39, 0.29) is 53.3 Å². The van der Waals surface area contributed by atoms with Crippen molar-refractivity contribution in [1.82, 2.24) is 9.80 Å². The van der Waals surface area contributed by atoms with Crippen LogP contribution >= 0.6 is 0 Å². The number of ketones is 1. The molecule has 4 fully saturated rings. The number of piperidine rings is 2. The van der Waals surface area contributed by atoms with Gasteiger partial charge in [-0.05, 0) is 205 Å². The molecule has 12 nitrogen and oxygen atoms in total. The van der Waals surface area contributed by atoms with Crippen LogP contribution in [-0.2, 0) is 30.3 Å². The van der Waals surface area contributed by atoms with Gasteiger partial charge in [0.1, 0.15) is 35.5 Å². The lowest BCUT2D eigenvalue weighted by Gasteiger charge is -2.36. The second kappa shape index (κ2) is 42.8. The van der Waals surface area contributed by atoms with E-state index in [4.69, 9.17) is 14.5 Å². The molecule has 5 heterocycles. The van der Waals surface area contributed by atoms with Crippen LogP contribution < -0.4 is 9.80 Å². The van der Waals surface area contributed by atoms with Gasteiger partial charge in [0, 0.05) is 100 Å². The summed E-state index contributed by atoms with van der Waals surface area (Å²) < 4.78 is 41.0. The van der Waals surface area contributed by atoms with Gasteiger partial charge in [-0.3, -0.25) is 24.3 Å². The van der Waals surface area contributed by atoms with Crippen LogP contribution in [0.3, 0.4) is 0 Å². The average Bonchev–Trinajstić information content (AvgIpc) is 1.06. The Labute approximate surface area is 581 Å². The molecule has 2 aromatic carbocycles. The number of fused-ring (bicyclic) bond motifs is 2. The summed E-state index contributed by atoms with van der Waals surface area (Å²) in [6, 6.07) is 10.5. The smallest absolute Gasteiger partial charge is 0.302 e. The van der Waals surface area contributed by atoms with Crippen molar-refractivity contribution in [2.24, 2.45) is 45.5 Å². The maximum atomic E-state index is 15.7. The van der Waals surface area contributed by atoms with Crippen LogP contribution in [0.2, 0.25) is 0 Å². The van der Waals surface area contributed by atoms with Gasteiger partial charge in [-0.25, -0.2) is 13.8 Å². The van der Waals surface area contributed by atoms with E-state index in [1.54, 1.807) is 37.3 Å². The molecule has 1 aliphatic carbocycles. The van der Waals surface area contributed by atoms with Gasteiger partial charge in [0.05, 0.1) is 13.2 Å². The number of phenols is 1. The van der Waals surface area contributed by atoms with Crippen molar-refractivity contribution in [2.45, 2.75) is 277 Å². The number of amides is 1. The van der Waals surface area contributed by atoms with Gasteiger partial charge in [0.15, 0.2) is 11.7 Å². The Hall–Kier alpha value is -5.89. The third-order valence-corrected chi connectivity index (χ3v) is 20.5. The summed E-state index contributed by atoms with van der Waals surface area (Å²) in [5.41, 5.74) is 7.37. The Morgan fingerprint density at radius 1 is 0.844 bits per heavy atom. The average molecular weight is 1330 g/mol. The molecule has 538 valence electrons. The summed E-state index contributed by atoms with van der Waals surface area (Å²) in [7, 11) is 1.59. The number of ether oxygens (including phenoxy) is 2. The fourth-order valence-corrected chi connectivity index (χ4v) is 14.3. The van der Waals surface area contributed by atoms with Crippen LogP contribution in [0, 0.1) is 42.4 Å². The minimum Gasteiger partial charge on any atom is -0.508 e. The van der Waals surface area contributed by atoms with E-state index >= 15 is 4.39 Å². The molecular weight excluding hydrogens is 1200 g/mol. The second-order valence-corrected chi connectivity index (χ2v) is 28.8. The maximum absolute atomic E-state index is 15.7. The van der Waals surface area contributed by atoms with Gasteiger partial charge in [-0.2, -0.15) is 0 Å². The number of carbonyl (C=O) groups is 3. The van der Waals surface area contributed by atoms with Crippen LogP contribution in [-0.4, -0.2) is 109 Å². The number of esters is 1. The monoisotopic (exact) mass is 1330 g/mol. The van der Waals surface area contributed by atoms with Crippen LogP contribution in [0.1, 0.15) is 268 Å². The molecule has 2 aromatic rings. The Morgan fingerprint density at radius 3 is 2.10 bits per heavy atom. The molecule has 0 spiro atoms. The summed E-state index contributed by atoms with van der Waals surface area (Å²) in [6.07, 6.45) is 28.4. The number of methoxy groups -OCH3 is 1. The topological polar surface area (TPSA) is 128 Å². The highest BCUT2D eigenvalue weighted by Gasteiger charge is 2.37. The minimum atomic E-state index is -0.508. The number of aliphatic imine (C=N–C) groups is 2. The van der Waals surface area contributed by atoms with Crippen molar-refractivity contribution < 1.29 is 37.7 Å². The van der Waals surface area contributed by atoms with Crippen LogP contribution in [0.5, 0.6) is 5.75 Å². The summed E-state index contributed by atoms with van der Waals surface area (Å²) in [6.45, 7) is 43.8. The molecule has 6 aliphatic rings. The zero-order valence-corrected chi connectivity index (χ0v) is 63.2. The van der Waals surface area contributed by atoms with Crippen molar-refractivity contribution in [2.75, 3.05) is 56.2 Å². The number of rotatable bonds is 23. The molecule has 7 unspecified atom stereocenters.